The second-order valence-corrected chi connectivity index (χ2v) is 11.8. The van der Waals surface area contributed by atoms with E-state index in [1.165, 1.54) is 0 Å². The molecule has 194 valence electrons. The first-order valence-electron chi connectivity index (χ1n) is 13.6. The van der Waals surface area contributed by atoms with E-state index in [1.54, 1.807) is 0 Å². The van der Waals surface area contributed by atoms with E-state index in [4.69, 9.17) is 4.74 Å². The number of rotatable bonds is 6. The lowest BCUT2D eigenvalue weighted by atomic mass is 9.51. The summed E-state index contributed by atoms with van der Waals surface area (Å²) in [4.78, 5) is 28.0. The van der Waals surface area contributed by atoms with Gasteiger partial charge in [0.25, 0.3) is 5.91 Å². The van der Waals surface area contributed by atoms with Crippen molar-refractivity contribution in [3.63, 3.8) is 0 Å². The highest BCUT2D eigenvalue weighted by atomic mass is 16.5. The molecular weight excluding hydrogens is 440 g/mol. The van der Waals surface area contributed by atoms with Gasteiger partial charge in [-0.1, -0.05) is 45.9 Å². The number of nitrogens with one attached hydrogen (secondary N) is 1. The molecule has 1 aliphatic heterocycles. The van der Waals surface area contributed by atoms with Crippen molar-refractivity contribution >= 4 is 11.8 Å². The molecule has 2 aliphatic carbocycles. The fraction of sp³-hybridized carbons (Fsp3) is 0.724. The average Bonchev–Trinajstić information content (AvgIpc) is 2.85. The molecule has 7 atom stereocenters. The lowest BCUT2D eigenvalue weighted by Crippen LogP contribution is -2.59. The standard InChI is InChI=1S/C29H44N2O4/c1-19-12-16-31(17-13-19)28(34)20(2)23-10-14-29(4)15-11-24(21(3)26(29)27(23)33)30-25(32)18-35-22-8-6-5-7-9-22/h5-9,19-21,23-24,26-27,33H,10-18H2,1-4H3,(H,30,32). The fourth-order valence-corrected chi connectivity index (χ4v) is 7.11. The predicted octanol–water partition coefficient (Wildman–Crippen LogP) is 4.27. The summed E-state index contributed by atoms with van der Waals surface area (Å²) in [7, 11) is 0. The zero-order valence-corrected chi connectivity index (χ0v) is 21.9. The van der Waals surface area contributed by atoms with Gasteiger partial charge in [-0.05, 0) is 79.7 Å². The minimum absolute atomic E-state index is 0.00272. The van der Waals surface area contributed by atoms with Crippen LogP contribution >= 0.6 is 0 Å². The summed E-state index contributed by atoms with van der Waals surface area (Å²) in [6.07, 6.45) is 5.39. The Morgan fingerprint density at radius 1 is 1.11 bits per heavy atom. The molecule has 0 spiro atoms. The third kappa shape index (κ3) is 5.68. The molecule has 2 amide bonds. The van der Waals surface area contributed by atoms with E-state index in [2.05, 4.69) is 26.1 Å². The van der Waals surface area contributed by atoms with E-state index in [9.17, 15) is 14.7 Å². The number of hydrogen-bond donors (Lipinski definition) is 2. The number of ether oxygens (including phenoxy) is 1. The Hall–Kier alpha value is -2.08. The number of para-hydroxylation sites is 1. The number of nitrogens with zero attached hydrogens (tertiary/aromatic N) is 1. The van der Waals surface area contributed by atoms with Gasteiger partial charge in [-0.25, -0.2) is 0 Å². The zero-order chi connectivity index (χ0) is 25.2. The van der Waals surface area contributed by atoms with Crippen LogP contribution < -0.4 is 10.1 Å². The highest BCUT2D eigenvalue weighted by Crippen LogP contribution is 2.55. The van der Waals surface area contributed by atoms with Gasteiger partial charge in [0, 0.05) is 25.0 Å². The number of benzene rings is 1. The number of carbonyl (C=O) groups is 2. The van der Waals surface area contributed by atoms with Crippen LogP contribution in [0.25, 0.3) is 0 Å². The molecule has 1 aromatic carbocycles. The van der Waals surface area contributed by atoms with Crippen LogP contribution in [-0.4, -0.2) is 53.7 Å². The number of aliphatic hydroxyl groups excluding tert-OH is 1. The first-order valence-corrected chi connectivity index (χ1v) is 13.6. The Bertz CT molecular complexity index is 869. The van der Waals surface area contributed by atoms with Crippen LogP contribution in [0.4, 0.5) is 0 Å². The van der Waals surface area contributed by atoms with Crippen LogP contribution in [0.1, 0.15) is 66.2 Å². The fourth-order valence-electron chi connectivity index (χ4n) is 7.11. The normalized spacial score (nSPS) is 34.5. The maximum absolute atomic E-state index is 13.3. The molecule has 35 heavy (non-hydrogen) atoms. The predicted molar refractivity (Wildman–Crippen MR) is 137 cm³/mol. The molecule has 6 nitrogen and oxygen atoms in total. The van der Waals surface area contributed by atoms with Crippen LogP contribution in [0.15, 0.2) is 30.3 Å². The maximum atomic E-state index is 13.3. The number of hydrogen-bond acceptors (Lipinski definition) is 4. The number of amides is 2. The van der Waals surface area contributed by atoms with Crippen molar-refractivity contribution in [3.8, 4) is 5.75 Å². The number of piperidine rings is 1. The summed E-state index contributed by atoms with van der Waals surface area (Å²) in [5.41, 5.74) is 0.0421. The molecule has 1 aromatic rings. The lowest BCUT2D eigenvalue weighted by Gasteiger charge is -2.56. The molecule has 2 saturated carbocycles. The van der Waals surface area contributed by atoms with Gasteiger partial charge in [-0.3, -0.25) is 9.59 Å². The maximum Gasteiger partial charge on any atom is 0.258 e. The van der Waals surface area contributed by atoms with Crippen molar-refractivity contribution in [2.24, 2.45) is 35.0 Å². The second kappa shape index (κ2) is 10.9. The van der Waals surface area contributed by atoms with Crippen LogP contribution in [0.5, 0.6) is 5.75 Å². The number of carbonyl (C=O) groups excluding carboxylic acids is 2. The van der Waals surface area contributed by atoms with E-state index >= 15 is 0 Å². The van der Waals surface area contributed by atoms with Crippen LogP contribution in [0, 0.1) is 35.0 Å². The topological polar surface area (TPSA) is 78.9 Å². The molecule has 3 aliphatic rings. The largest absolute Gasteiger partial charge is 0.484 e. The van der Waals surface area contributed by atoms with Gasteiger partial charge < -0.3 is 20.1 Å². The summed E-state index contributed by atoms with van der Waals surface area (Å²) in [5.74, 6) is 1.43. The Morgan fingerprint density at radius 3 is 2.46 bits per heavy atom. The van der Waals surface area contributed by atoms with E-state index in [1.807, 2.05) is 42.2 Å². The van der Waals surface area contributed by atoms with Gasteiger partial charge in [-0.2, -0.15) is 0 Å². The minimum atomic E-state index is -0.535. The molecule has 4 rings (SSSR count). The molecule has 1 saturated heterocycles. The molecule has 6 heteroatoms. The van der Waals surface area contributed by atoms with Gasteiger partial charge in [-0.15, -0.1) is 0 Å². The van der Waals surface area contributed by atoms with Gasteiger partial charge in [0.2, 0.25) is 5.91 Å². The summed E-state index contributed by atoms with van der Waals surface area (Å²) >= 11 is 0. The lowest BCUT2D eigenvalue weighted by molar-refractivity contribution is -0.152. The van der Waals surface area contributed by atoms with Crippen LogP contribution in [0.3, 0.4) is 0 Å². The Kier molecular flexibility index (Phi) is 8.09. The quantitative estimate of drug-likeness (QED) is 0.632. The molecule has 0 aromatic heterocycles. The number of aliphatic hydroxyl groups is 1. The number of likely N-dealkylation sites (tertiary alicyclic amines) is 1. The van der Waals surface area contributed by atoms with E-state index < -0.39 is 6.10 Å². The Balaban J connectivity index is 1.38. The molecule has 3 fully saturated rings. The van der Waals surface area contributed by atoms with Crippen molar-refractivity contribution in [1.82, 2.24) is 10.2 Å². The third-order valence-electron chi connectivity index (χ3n) is 9.47. The van der Waals surface area contributed by atoms with Crippen molar-refractivity contribution in [2.75, 3.05) is 19.7 Å². The van der Waals surface area contributed by atoms with Crippen molar-refractivity contribution in [1.29, 1.82) is 0 Å². The molecule has 0 bridgehead atoms. The van der Waals surface area contributed by atoms with Crippen molar-refractivity contribution in [2.45, 2.75) is 78.4 Å². The first kappa shape index (κ1) is 26.0. The Labute approximate surface area is 210 Å². The molecule has 0 radical (unpaired) electrons. The molecule has 7 unspecified atom stereocenters. The summed E-state index contributed by atoms with van der Waals surface area (Å²) in [5, 5.41) is 14.8. The second-order valence-electron chi connectivity index (χ2n) is 11.8. The monoisotopic (exact) mass is 484 g/mol. The highest BCUT2D eigenvalue weighted by Gasteiger charge is 2.54. The van der Waals surface area contributed by atoms with E-state index in [0.717, 1.165) is 51.6 Å². The van der Waals surface area contributed by atoms with Gasteiger partial charge >= 0.3 is 0 Å². The highest BCUT2D eigenvalue weighted by molar-refractivity contribution is 5.79. The van der Waals surface area contributed by atoms with Gasteiger partial charge in [0.05, 0.1) is 6.10 Å². The minimum Gasteiger partial charge on any atom is -0.484 e. The van der Waals surface area contributed by atoms with Crippen LogP contribution in [0.2, 0.25) is 0 Å². The zero-order valence-electron chi connectivity index (χ0n) is 21.9. The summed E-state index contributed by atoms with van der Waals surface area (Å²) < 4.78 is 5.63. The molecule has 2 N–H and O–H groups in total. The molecular formula is C29H44N2O4. The van der Waals surface area contributed by atoms with Crippen LogP contribution in [-0.2, 0) is 9.59 Å². The van der Waals surface area contributed by atoms with E-state index in [-0.39, 0.29) is 53.5 Å². The van der Waals surface area contributed by atoms with Gasteiger partial charge in [0.1, 0.15) is 5.75 Å². The average molecular weight is 485 g/mol. The first-order chi connectivity index (χ1) is 16.7. The van der Waals surface area contributed by atoms with Crippen molar-refractivity contribution in [3.05, 3.63) is 30.3 Å². The van der Waals surface area contributed by atoms with Crippen molar-refractivity contribution < 1.29 is 19.4 Å². The third-order valence-corrected chi connectivity index (χ3v) is 9.47. The smallest absolute Gasteiger partial charge is 0.258 e. The van der Waals surface area contributed by atoms with Gasteiger partial charge in [0.15, 0.2) is 6.61 Å². The summed E-state index contributed by atoms with van der Waals surface area (Å²) in [6, 6.07) is 9.37. The Morgan fingerprint density at radius 2 is 1.77 bits per heavy atom. The van der Waals surface area contributed by atoms with E-state index in [0.29, 0.717) is 11.7 Å². The molecule has 1 heterocycles. The SMILES string of the molecule is CC1CCN(C(=O)C(C)C2CCC3(C)CCC(NC(=O)COc4ccccc4)C(C)C3C2O)CC1. The number of fused-ring (bicyclic) bond motifs is 1. The summed E-state index contributed by atoms with van der Waals surface area (Å²) in [6.45, 7) is 10.4.